The molecule has 1 aromatic carbocycles. The summed E-state index contributed by atoms with van der Waals surface area (Å²) in [6.45, 7) is 3.96. The lowest BCUT2D eigenvalue weighted by molar-refractivity contribution is -0.116. The first-order chi connectivity index (χ1) is 13.4. The minimum absolute atomic E-state index is 0.0999. The number of hydrogen-bond donors (Lipinski definition) is 2. The summed E-state index contributed by atoms with van der Waals surface area (Å²) in [5.41, 5.74) is 2.93. The maximum absolute atomic E-state index is 12.4. The minimum Gasteiger partial charge on any atom is -0.325 e. The Kier molecular flexibility index (Phi) is 6.42. The third kappa shape index (κ3) is 5.17. The molecule has 0 atom stereocenters. The van der Waals surface area contributed by atoms with Crippen LogP contribution < -0.4 is 10.6 Å². The molecule has 28 heavy (non-hydrogen) atoms. The van der Waals surface area contributed by atoms with Crippen LogP contribution in [0.1, 0.15) is 17.0 Å². The number of thioether (sulfide) groups is 1. The second-order valence-electron chi connectivity index (χ2n) is 6.18. The smallest absolute Gasteiger partial charge is 0.236 e. The van der Waals surface area contributed by atoms with Gasteiger partial charge in [-0.05, 0) is 25.5 Å². The zero-order valence-electron chi connectivity index (χ0n) is 15.7. The van der Waals surface area contributed by atoms with Crippen molar-refractivity contribution >= 4 is 45.7 Å². The Morgan fingerprint density at radius 3 is 2.71 bits per heavy atom. The highest BCUT2D eigenvalue weighted by Crippen LogP contribution is 2.19. The van der Waals surface area contributed by atoms with Crippen LogP contribution >= 0.6 is 23.1 Å². The predicted octanol–water partition coefficient (Wildman–Crippen LogP) is 2.80. The van der Waals surface area contributed by atoms with Gasteiger partial charge in [-0.2, -0.15) is 0 Å². The molecule has 0 unspecified atom stereocenters. The van der Waals surface area contributed by atoms with Gasteiger partial charge in [0.05, 0.1) is 12.2 Å². The molecule has 0 saturated heterocycles. The lowest BCUT2D eigenvalue weighted by atomic mass is 10.1. The van der Waals surface area contributed by atoms with E-state index >= 15 is 0 Å². The van der Waals surface area contributed by atoms with Gasteiger partial charge >= 0.3 is 0 Å². The molecule has 0 fully saturated rings. The number of benzene rings is 1. The van der Waals surface area contributed by atoms with Gasteiger partial charge in [-0.3, -0.25) is 9.59 Å². The number of anilines is 2. The van der Waals surface area contributed by atoms with Crippen LogP contribution in [0.4, 0.5) is 10.8 Å². The molecule has 2 N–H and O–H groups in total. The van der Waals surface area contributed by atoms with Crippen LogP contribution in [-0.4, -0.2) is 37.3 Å². The largest absolute Gasteiger partial charge is 0.325 e. The maximum atomic E-state index is 12.4. The van der Waals surface area contributed by atoms with Gasteiger partial charge in [-0.1, -0.05) is 29.5 Å². The molecule has 0 radical (unpaired) electrons. The summed E-state index contributed by atoms with van der Waals surface area (Å²) in [6.07, 6.45) is 1.73. The van der Waals surface area contributed by atoms with Gasteiger partial charge in [0, 0.05) is 24.3 Å². The normalized spacial score (nSPS) is 10.7. The predicted molar refractivity (Wildman–Crippen MR) is 111 cm³/mol. The summed E-state index contributed by atoms with van der Waals surface area (Å²) in [6, 6.07) is 5.86. The fraction of sp³-hybridized carbons (Fsp3) is 0.278. The van der Waals surface area contributed by atoms with Crippen LogP contribution in [0.25, 0.3) is 0 Å². The van der Waals surface area contributed by atoms with E-state index in [2.05, 4.69) is 25.8 Å². The van der Waals surface area contributed by atoms with Crippen molar-refractivity contribution in [1.29, 1.82) is 0 Å². The first kappa shape index (κ1) is 20.0. The Bertz CT molecular complexity index is 984. The van der Waals surface area contributed by atoms with E-state index in [0.29, 0.717) is 16.1 Å². The van der Waals surface area contributed by atoms with E-state index in [0.717, 1.165) is 16.8 Å². The first-order valence-corrected chi connectivity index (χ1v) is 10.4. The van der Waals surface area contributed by atoms with Crippen LogP contribution in [-0.2, 0) is 23.1 Å². The number of amides is 2. The van der Waals surface area contributed by atoms with Crippen LogP contribution in [0.5, 0.6) is 0 Å². The monoisotopic (exact) mass is 416 g/mol. The molecule has 0 aliphatic carbocycles. The Balaban J connectivity index is 1.55. The van der Waals surface area contributed by atoms with Crippen LogP contribution in [0.15, 0.2) is 34.9 Å². The summed E-state index contributed by atoms with van der Waals surface area (Å²) in [5.74, 6) is 0.378. The van der Waals surface area contributed by atoms with Gasteiger partial charge in [0.15, 0.2) is 10.3 Å². The van der Waals surface area contributed by atoms with E-state index < -0.39 is 0 Å². The van der Waals surface area contributed by atoms with Crippen LogP contribution in [0, 0.1) is 13.8 Å². The average molecular weight is 417 g/mol. The van der Waals surface area contributed by atoms with E-state index in [-0.39, 0.29) is 24.0 Å². The molecule has 3 aromatic rings. The summed E-state index contributed by atoms with van der Waals surface area (Å²) < 4.78 is 1.73. The number of hydrogen-bond acceptors (Lipinski definition) is 7. The quantitative estimate of drug-likeness (QED) is 0.574. The zero-order valence-corrected chi connectivity index (χ0v) is 17.4. The highest BCUT2D eigenvalue weighted by atomic mass is 32.2. The van der Waals surface area contributed by atoms with Crippen molar-refractivity contribution in [3.05, 3.63) is 46.7 Å². The molecule has 2 amide bonds. The van der Waals surface area contributed by atoms with Crippen molar-refractivity contribution in [2.75, 3.05) is 16.4 Å². The van der Waals surface area contributed by atoms with Crippen molar-refractivity contribution in [1.82, 2.24) is 19.7 Å². The SMILES string of the molecule is Cc1ccc(NC(=O)Cc2nnc(SCC(=O)Nc3nccs3)n2C)c(C)c1. The second kappa shape index (κ2) is 8.98. The molecule has 146 valence electrons. The fourth-order valence-electron chi connectivity index (χ4n) is 2.49. The minimum atomic E-state index is -0.169. The summed E-state index contributed by atoms with van der Waals surface area (Å²) in [5, 5.41) is 16.7. The van der Waals surface area contributed by atoms with Gasteiger partial charge < -0.3 is 15.2 Å². The van der Waals surface area contributed by atoms with Gasteiger partial charge in [0.25, 0.3) is 0 Å². The molecule has 10 heteroatoms. The van der Waals surface area contributed by atoms with E-state index in [1.54, 1.807) is 23.2 Å². The van der Waals surface area contributed by atoms with Gasteiger partial charge in [0.2, 0.25) is 11.8 Å². The summed E-state index contributed by atoms with van der Waals surface area (Å²) >= 11 is 2.61. The number of carbonyl (C=O) groups is 2. The molecular weight excluding hydrogens is 396 g/mol. The highest BCUT2D eigenvalue weighted by Gasteiger charge is 2.15. The van der Waals surface area contributed by atoms with E-state index in [4.69, 9.17) is 0 Å². The van der Waals surface area contributed by atoms with Gasteiger partial charge in [-0.15, -0.1) is 21.5 Å². The third-order valence-corrected chi connectivity index (χ3v) is 5.62. The molecule has 0 spiro atoms. The van der Waals surface area contributed by atoms with Crippen molar-refractivity contribution in [2.45, 2.75) is 25.4 Å². The molecule has 0 aliphatic heterocycles. The van der Waals surface area contributed by atoms with Crippen molar-refractivity contribution < 1.29 is 9.59 Å². The molecule has 0 aliphatic rings. The van der Waals surface area contributed by atoms with E-state index in [1.807, 2.05) is 32.0 Å². The third-order valence-electron chi connectivity index (χ3n) is 3.91. The first-order valence-electron chi connectivity index (χ1n) is 8.50. The summed E-state index contributed by atoms with van der Waals surface area (Å²) in [4.78, 5) is 28.3. The van der Waals surface area contributed by atoms with E-state index in [9.17, 15) is 9.59 Å². The van der Waals surface area contributed by atoms with Gasteiger partial charge in [0.1, 0.15) is 5.82 Å². The molecule has 0 bridgehead atoms. The van der Waals surface area contributed by atoms with Gasteiger partial charge in [-0.25, -0.2) is 4.98 Å². The number of thiazole rings is 1. The second-order valence-corrected chi connectivity index (χ2v) is 8.01. The number of aromatic nitrogens is 4. The van der Waals surface area contributed by atoms with Crippen molar-refractivity contribution in [3.63, 3.8) is 0 Å². The highest BCUT2D eigenvalue weighted by molar-refractivity contribution is 7.99. The maximum Gasteiger partial charge on any atom is 0.236 e. The average Bonchev–Trinajstić information content (AvgIpc) is 3.27. The molecule has 3 rings (SSSR count). The molecular formula is C18H20N6O2S2. The number of rotatable bonds is 7. The summed E-state index contributed by atoms with van der Waals surface area (Å²) in [7, 11) is 1.78. The van der Waals surface area contributed by atoms with Crippen molar-refractivity contribution in [3.8, 4) is 0 Å². The standard InChI is InChI=1S/C18H20N6O2S2/c1-11-4-5-13(12(2)8-11)20-15(25)9-14-22-23-18(24(14)3)28-10-16(26)21-17-19-6-7-27-17/h4-8H,9-10H2,1-3H3,(H,20,25)(H,19,21,26). The Labute approximate surface area is 170 Å². The van der Waals surface area contributed by atoms with E-state index in [1.165, 1.54) is 23.1 Å². The van der Waals surface area contributed by atoms with Crippen molar-refractivity contribution in [2.24, 2.45) is 7.05 Å². The topological polar surface area (TPSA) is 102 Å². The van der Waals surface area contributed by atoms with Crippen LogP contribution in [0.2, 0.25) is 0 Å². The number of nitrogens with one attached hydrogen (secondary N) is 2. The number of carbonyl (C=O) groups excluding carboxylic acids is 2. The molecule has 0 saturated carbocycles. The Morgan fingerprint density at radius 2 is 2.00 bits per heavy atom. The Hall–Kier alpha value is -2.72. The Morgan fingerprint density at radius 1 is 1.18 bits per heavy atom. The molecule has 8 nitrogen and oxygen atoms in total. The molecule has 2 aromatic heterocycles. The van der Waals surface area contributed by atoms with Crippen LogP contribution in [0.3, 0.4) is 0 Å². The number of nitrogens with zero attached hydrogens (tertiary/aromatic N) is 4. The fourth-order valence-corrected chi connectivity index (χ4v) is 3.76. The lowest BCUT2D eigenvalue weighted by Gasteiger charge is -2.09. The number of aryl methyl sites for hydroxylation is 2. The lowest BCUT2D eigenvalue weighted by Crippen LogP contribution is -2.18. The molecule has 2 heterocycles. The zero-order chi connectivity index (χ0) is 20.1.